The van der Waals surface area contributed by atoms with Crippen molar-refractivity contribution in [3.63, 3.8) is 0 Å². The molecule has 2 rings (SSSR count). The smallest absolute Gasteiger partial charge is 0.0975 e. The van der Waals surface area contributed by atoms with Crippen molar-refractivity contribution in [3.05, 3.63) is 50.4 Å². The van der Waals surface area contributed by atoms with Crippen molar-refractivity contribution in [2.45, 2.75) is 13.0 Å². The molecule has 2 aromatic heterocycles. The molecule has 2 aromatic rings. The zero-order valence-electron chi connectivity index (χ0n) is 8.77. The van der Waals surface area contributed by atoms with Crippen LogP contribution in [0.5, 0.6) is 0 Å². The van der Waals surface area contributed by atoms with Gasteiger partial charge in [0.15, 0.2) is 0 Å². The van der Waals surface area contributed by atoms with Crippen LogP contribution in [0, 0.1) is 6.92 Å². The minimum Gasteiger partial charge on any atom is -0.270 e. The largest absolute Gasteiger partial charge is 0.270 e. The van der Waals surface area contributed by atoms with Gasteiger partial charge >= 0.3 is 0 Å². The Hall–Kier alpha value is -0.750. The second-order valence-electron chi connectivity index (χ2n) is 3.47. The van der Waals surface area contributed by atoms with Crippen LogP contribution in [0.1, 0.15) is 22.2 Å². The number of halogens is 1. The molecular formula is C11H12BrN3S. The zero-order valence-corrected chi connectivity index (χ0v) is 11.2. The van der Waals surface area contributed by atoms with E-state index in [1.54, 1.807) is 17.5 Å². The van der Waals surface area contributed by atoms with Crippen molar-refractivity contribution in [2.75, 3.05) is 0 Å². The number of pyridine rings is 1. The maximum atomic E-state index is 5.61. The summed E-state index contributed by atoms with van der Waals surface area (Å²) < 4.78 is 0.968. The maximum absolute atomic E-state index is 5.61. The number of rotatable bonds is 3. The number of nitrogens with two attached hydrogens (primary N) is 1. The highest BCUT2D eigenvalue weighted by Gasteiger charge is 2.16. The second kappa shape index (κ2) is 5.05. The summed E-state index contributed by atoms with van der Waals surface area (Å²) in [5.74, 6) is 5.61. The molecule has 0 amide bonds. The number of hydrazine groups is 1. The summed E-state index contributed by atoms with van der Waals surface area (Å²) in [6.07, 6.45) is 1.78. The molecule has 0 aromatic carbocycles. The third-order valence-corrected chi connectivity index (χ3v) is 3.93. The minimum absolute atomic E-state index is 0.0342. The van der Waals surface area contributed by atoms with Crippen molar-refractivity contribution in [1.82, 2.24) is 10.4 Å². The number of nitrogens with one attached hydrogen (secondary N) is 1. The summed E-state index contributed by atoms with van der Waals surface area (Å²) in [7, 11) is 0. The lowest BCUT2D eigenvalue weighted by Gasteiger charge is -2.14. The maximum Gasteiger partial charge on any atom is 0.0975 e. The Balaban J connectivity index is 2.37. The van der Waals surface area contributed by atoms with Gasteiger partial charge in [0.25, 0.3) is 0 Å². The number of hydrogen-bond donors (Lipinski definition) is 2. The van der Waals surface area contributed by atoms with Crippen molar-refractivity contribution in [3.8, 4) is 0 Å². The molecule has 0 aliphatic heterocycles. The minimum atomic E-state index is -0.0342. The van der Waals surface area contributed by atoms with E-state index in [4.69, 9.17) is 5.84 Å². The van der Waals surface area contributed by atoms with Crippen molar-refractivity contribution in [2.24, 2.45) is 5.84 Å². The van der Waals surface area contributed by atoms with Crippen LogP contribution >= 0.6 is 27.3 Å². The van der Waals surface area contributed by atoms with E-state index >= 15 is 0 Å². The fourth-order valence-electron chi connectivity index (χ4n) is 1.53. The fraction of sp³-hybridized carbons (Fsp3) is 0.182. The van der Waals surface area contributed by atoms with E-state index in [2.05, 4.69) is 44.7 Å². The molecule has 3 N–H and O–H groups in total. The van der Waals surface area contributed by atoms with Crippen LogP contribution in [0.3, 0.4) is 0 Å². The van der Waals surface area contributed by atoms with E-state index in [1.807, 2.05) is 12.1 Å². The van der Waals surface area contributed by atoms with Gasteiger partial charge in [-0.1, -0.05) is 0 Å². The summed E-state index contributed by atoms with van der Waals surface area (Å²) >= 11 is 5.06. The van der Waals surface area contributed by atoms with E-state index in [9.17, 15) is 0 Å². The number of aromatic nitrogens is 1. The lowest BCUT2D eigenvalue weighted by Crippen LogP contribution is -2.29. The van der Waals surface area contributed by atoms with Crippen LogP contribution in [-0.2, 0) is 0 Å². The van der Waals surface area contributed by atoms with Crippen LogP contribution in [0.25, 0.3) is 0 Å². The van der Waals surface area contributed by atoms with E-state index in [0.29, 0.717) is 0 Å². The van der Waals surface area contributed by atoms with Gasteiger partial charge in [0, 0.05) is 15.5 Å². The molecule has 84 valence electrons. The summed E-state index contributed by atoms with van der Waals surface area (Å²) in [5, 5.41) is 2.06. The third-order valence-electron chi connectivity index (χ3n) is 2.38. The topological polar surface area (TPSA) is 50.9 Å². The van der Waals surface area contributed by atoms with Gasteiger partial charge in [-0.3, -0.25) is 10.8 Å². The number of thiophene rings is 1. The molecule has 5 heteroatoms. The van der Waals surface area contributed by atoms with Gasteiger partial charge in [0.1, 0.15) is 0 Å². The molecule has 0 fully saturated rings. The van der Waals surface area contributed by atoms with Gasteiger partial charge in [0.2, 0.25) is 0 Å². The Kier molecular flexibility index (Phi) is 3.70. The van der Waals surface area contributed by atoms with Gasteiger partial charge in [-0.2, -0.15) is 0 Å². The second-order valence-corrected chi connectivity index (χ2v) is 5.33. The predicted octanol–water partition coefficient (Wildman–Crippen LogP) is 2.77. The summed E-state index contributed by atoms with van der Waals surface area (Å²) in [5.41, 5.74) is 4.97. The van der Waals surface area contributed by atoms with Gasteiger partial charge < -0.3 is 0 Å². The molecule has 0 saturated carbocycles. The first-order valence-electron chi connectivity index (χ1n) is 4.84. The fourth-order valence-corrected chi connectivity index (χ4v) is 2.77. The monoisotopic (exact) mass is 297 g/mol. The number of hydrogen-bond acceptors (Lipinski definition) is 4. The van der Waals surface area contributed by atoms with E-state index < -0.39 is 0 Å². The predicted molar refractivity (Wildman–Crippen MR) is 70.2 cm³/mol. The van der Waals surface area contributed by atoms with Crippen molar-refractivity contribution < 1.29 is 0 Å². The first kappa shape index (κ1) is 11.7. The molecule has 0 aliphatic carbocycles. The molecule has 1 unspecified atom stereocenters. The highest BCUT2D eigenvalue weighted by Crippen LogP contribution is 2.28. The highest BCUT2D eigenvalue weighted by atomic mass is 79.9. The average Bonchev–Trinajstić information content (AvgIpc) is 2.69. The Morgan fingerprint density at radius 1 is 1.44 bits per heavy atom. The van der Waals surface area contributed by atoms with Crippen LogP contribution in [0.15, 0.2) is 34.2 Å². The molecule has 16 heavy (non-hydrogen) atoms. The Labute approximate surface area is 107 Å². The number of aryl methyl sites for hydroxylation is 1. The van der Waals surface area contributed by atoms with E-state index in [-0.39, 0.29) is 6.04 Å². The molecule has 0 aliphatic rings. The molecule has 1 atom stereocenters. The molecule has 0 radical (unpaired) electrons. The molecule has 0 bridgehead atoms. The standard InChI is InChI=1S/C11H12BrN3S/c1-7-4-5-16-11(7)10(15-13)9-3-2-8(12)6-14-9/h2-6,10,15H,13H2,1H3. The molecule has 0 spiro atoms. The van der Waals surface area contributed by atoms with Crippen molar-refractivity contribution >= 4 is 27.3 Å². The Morgan fingerprint density at radius 2 is 2.25 bits per heavy atom. The van der Waals surface area contributed by atoms with Crippen LogP contribution < -0.4 is 11.3 Å². The Morgan fingerprint density at radius 3 is 2.75 bits per heavy atom. The van der Waals surface area contributed by atoms with Crippen LogP contribution in [-0.4, -0.2) is 4.98 Å². The Bertz CT molecular complexity index is 466. The molecule has 2 heterocycles. The first-order valence-corrected chi connectivity index (χ1v) is 6.51. The number of nitrogens with zero attached hydrogens (tertiary/aromatic N) is 1. The SMILES string of the molecule is Cc1ccsc1C(NN)c1ccc(Br)cn1. The molecule has 3 nitrogen and oxygen atoms in total. The molecular weight excluding hydrogens is 286 g/mol. The lowest BCUT2D eigenvalue weighted by atomic mass is 10.1. The summed E-state index contributed by atoms with van der Waals surface area (Å²) in [6.45, 7) is 2.08. The van der Waals surface area contributed by atoms with E-state index in [1.165, 1.54) is 10.4 Å². The first-order chi connectivity index (χ1) is 7.72. The summed E-state index contributed by atoms with van der Waals surface area (Å²) in [6, 6.07) is 5.99. The van der Waals surface area contributed by atoms with E-state index in [0.717, 1.165) is 10.2 Å². The quantitative estimate of drug-likeness (QED) is 0.677. The van der Waals surface area contributed by atoms with Crippen LogP contribution in [0.4, 0.5) is 0 Å². The van der Waals surface area contributed by atoms with Gasteiger partial charge in [-0.05, 0) is 52.0 Å². The normalized spacial score (nSPS) is 12.7. The van der Waals surface area contributed by atoms with Gasteiger partial charge in [-0.15, -0.1) is 11.3 Å². The van der Waals surface area contributed by atoms with Crippen LogP contribution in [0.2, 0.25) is 0 Å². The van der Waals surface area contributed by atoms with Gasteiger partial charge in [-0.25, -0.2) is 5.43 Å². The summed E-state index contributed by atoms with van der Waals surface area (Å²) in [4.78, 5) is 5.57. The average molecular weight is 298 g/mol. The highest BCUT2D eigenvalue weighted by molar-refractivity contribution is 9.10. The van der Waals surface area contributed by atoms with Crippen molar-refractivity contribution in [1.29, 1.82) is 0 Å². The van der Waals surface area contributed by atoms with Gasteiger partial charge in [0.05, 0.1) is 11.7 Å². The third kappa shape index (κ3) is 2.32. The lowest BCUT2D eigenvalue weighted by molar-refractivity contribution is 0.627. The zero-order chi connectivity index (χ0) is 11.5. The molecule has 0 saturated heterocycles.